The number of rotatable bonds is 4. The molecule has 0 radical (unpaired) electrons. The zero-order valence-electron chi connectivity index (χ0n) is 9.49. The molecule has 0 saturated carbocycles. The minimum atomic E-state index is 0.0678. The molecule has 2 aromatic carbocycles. The molecule has 2 aromatic rings. The summed E-state index contributed by atoms with van der Waals surface area (Å²) in [7, 11) is 0. The Morgan fingerprint density at radius 2 is 1.67 bits per heavy atom. The van der Waals surface area contributed by atoms with Gasteiger partial charge in [0.25, 0.3) is 0 Å². The van der Waals surface area contributed by atoms with Gasteiger partial charge in [0, 0.05) is 20.2 Å². The average molecular weight is 369 g/mol. The molecule has 18 heavy (non-hydrogen) atoms. The molecule has 92 valence electrons. The second-order valence-corrected chi connectivity index (χ2v) is 5.53. The van der Waals surface area contributed by atoms with Crippen molar-refractivity contribution in [3.8, 4) is 0 Å². The van der Waals surface area contributed by atoms with E-state index in [1.54, 1.807) is 0 Å². The van der Waals surface area contributed by atoms with E-state index in [4.69, 9.17) is 0 Å². The van der Waals surface area contributed by atoms with Gasteiger partial charge in [-0.2, -0.15) is 0 Å². The van der Waals surface area contributed by atoms with E-state index in [1.165, 1.54) is 0 Å². The quantitative estimate of drug-likeness (QED) is 0.804. The van der Waals surface area contributed by atoms with Crippen LogP contribution in [0.4, 0.5) is 5.69 Å². The van der Waals surface area contributed by atoms with Gasteiger partial charge in [-0.3, -0.25) is 4.79 Å². The van der Waals surface area contributed by atoms with Crippen LogP contribution >= 0.6 is 31.9 Å². The summed E-state index contributed by atoms with van der Waals surface area (Å²) in [6, 6.07) is 15.1. The summed E-state index contributed by atoms with van der Waals surface area (Å²) < 4.78 is 1.92. The molecule has 0 heterocycles. The number of halogens is 2. The maximum absolute atomic E-state index is 11.9. The number of para-hydroxylation sites is 1. The molecule has 0 aliphatic heterocycles. The fraction of sp³-hybridized carbons (Fsp3) is 0.0714. The van der Waals surface area contributed by atoms with Gasteiger partial charge in [-0.05, 0) is 40.2 Å². The zero-order chi connectivity index (χ0) is 13.0. The number of ketones is 1. The van der Waals surface area contributed by atoms with Crippen molar-refractivity contribution in [3.63, 3.8) is 0 Å². The van der Waals surface area contributed by atoms with E-state index in [-0.39, 0.29) is 12.3 Å². The molecule has 0 fully saturated rings. The van der Waals surface area contributed by atoms with Gasteiger partial charge in [-0.25, -0.2) is 0 Å². The SMILES string of the molecule is O=C(CNc1ccccc1Br)c1ccc(Br)cc1. The van der Waals surface area contributed by atoms with E-state index in [1.807, 2.05) is 48.5 Å². The third-order valence-electron chi connectivity index (χ3n) is 2.48. The first kappa shape index (κ1) is 13.3. The number of carbonyl (C=O) groups is 1. The molecule has 0 unspecified atom stereocenters. The molecular formula is C14H11Br2NO. The number of hydrogen-bond donors (Lipinski definition) is 1. The lowest BCUT2D eigenvalue weighted by molar-refractivity contribution is 0.101. The van der Waals surface area contributed by atoms with Crippen LogP contribution in [0.5, 0.6) is 0 Å². The number of anilines is 1. The monoisotopic (exact) mass is 367 g/mol. The molecule has 0 aromatic heterocycles. The highest BCUT2D eigenvalue weighted by Crippen LogP contribution is 2.21. The van der Waals surface area contributed by atoms with Crippen LogP contribution in [-0.4, -0.2) is 12.3 Å². The predicted octanol–water partition coefficient (Wildman–Crippen LogP) is 4.51. The molecule has 1 N–H and O–H groups in total. The molecule has 0 aliphatic carbocycles. The lowest BCUT2D eigenvalue weighted by Gasteiger charge is -2.07. The summed E-state index contributed by atoms with van der Waals surface area (Å²) in [4.78, 5) is 11.9. The van der Waals surface area contributed by atoms with Crippen LogP contribution in [0.25, 0.3) is 0 Å². The number of benzene rings is 2. The summed E-state index contributed by atoms with van der Waals surface area (Å²) in [6.07, 6.45) is 0. The number of nitrogens with one attached hydrogen (secondary N) is 1. The summed E-state index contributed by atoms with van der Waals surface area (Å²) >= 11 is 6.78. The number of carbonyl (C=O) groups excluding carboxylic acids is 1. The number of hydrogen-bond acceptors (Lipinski definition) is 2. The van der Waals surface area contributed by atoms with Gasteiger partial charge >= 0.3 is 0 Å². The molecule has 0 atom stereocenters. The van der Waals surface area contributed by atoms with Crippen LogP contribution in [-0.2, 0) is 0 Å². The van der Waals surface area contributed by atoms with Crippen molar-refractivity contribution in [2.45, 2.75) is 0 Å². The highest BCUT2D eigenvalue weighted by atomic mass is 79.9. The molecule has 0 spiro atoms. The molecule has 0 amide bonds. The van der Waals surface area contributed by atoms with E-state index in [2.05, 4.69) is 37.2 Å². The normalized spacial score (nSPS) is 10.1. The Hall–Kier alpha value is -1.13. The van der Waals surface area contributed by atoms with Crippen molar-refractivity contribution >= 4 is 43.3 Å². The van der Waals surface area contributed by atoms with Gasteiger partial charge in [0.2, 0.25) is 0 Å². The molecule has 0 saturated heterocycles. The summed E-state index contributed by atoms with van der Waals surface area (Å²) in [5.74, 6) is 0.0678. The van der Waals surface area contributed by atoms with Crippen molar-refractivity contribution < 1.29 is 4.79 Å². The Labute approximate surface area is 123 Å². The smallest absolute Gasteiger partial charge is 0.181 e. The number of Topliss-reactive ketones (excluding diaryl/α,β-unsaturated/α-hetero) is 1. The maximum Gasteiger partial charge on any atom is 0.181 e. The standard InChI is InChI=1S/C14H11Br2NO/c15-11-7-5-10(6-8-11)14(18)9-17-13-4-2-1-3-12(13)16/h1-8,17H,9H2. The summed E-state index contributed by atoms with van der Waals surface area (Å²) in [6.45, 7) is 0.282. The maximum atomic E-state index is 11.9. The van der Waals surface area contributed by atoms with Crippen LogP contribution < -0.4 is 5.32 Å². The van der Waals surface area contributed by atoms with Gasteiger partial charge in [0.1, 0.15) is 0 Å². The third kappa shape index (κ3) is 3.43. The Bertz CT molecular complexity index is 552. The lowest BCUT2D eigenvalue weighted by Crippen LogP contribution is -2.14. The van der Waals surface area contributed by atoms with Gasteiger partial charge in [0.15, 0.2) is 5.78 Å². The van der Waals surface area contributed by atoms with Crippen LogP contribution in [0.15, 0.2) is 57.5 Å². The molecular weight excluding hydrogens is 358 g/mol. The second kappa shape index (κ2) is 6.16. The largest absolute Gasteiger partial charge is 0.377 e. The minimum absolute atomic E-state index is 0.0678. The van der Waals surface area contributed by atoms with Crippen molar-refractivity contribution in [2.75, 3.05) is 11.9 Å². The second-order valence-electron chi connectivity index (χ2n) is 3.76. The van der Waals surface area contributed by atoms with E-state index in [0.717, 1.165) is 14.6 Å². The highest BCUT2D eigenvalue weighted by molar-refractivity contribution is 9.10. The van der Waals surface area contributed by atoms with Gasteiger partial charge in [0.05, 0.1) is 6.54 Å². The molecule has 4 heteroatoms. The molecule has 0 bridgehead atoms. The van der Waals surface area contributed by atoms with Gasteiger partial charge in [-0.15, -0.1) is 0 Å². The third-order valence-corrected chi connectivity index (χ3v) is 3.70. The Kier molecular flexibility index (Phi) is 4.55. The van der Waals surface area contributed by atoms with Crippen LogP contribution in [0.2, 0.25) is 0 Å². The highest BCUT2D eigenvalue weighted by Gasteiger charge is 2.06. The van der Waals surface area contributed by atoms with Crippen molar-refractivity contribution in [1.29, 1.82) is 0 Å². The summed E-state index contributed by atoms with van der Waals surface area (Å²) in [5.41, 5.74) is 1.63. The topological polar surface area (TPSA) is 29.1 Å². The first-order valence-electron chi connectivity index (χ1n) is 5.44. The predicted molar refractivity (Wildman–Crippen MR) is 81.1 cm³/mol. The first-order valence-corrected chi connectivity index (χ1v) is 7.02. The zero-order valence-corrected chi connectivity index (χ0v) is 12.7. The minimum Gasteiger partial charge on any atom is -0.377 e. The van der Waals surface area contributed by atoms with Crippen molar-refractivity contribution in [1.82, 2.24) is 0 Å². The molecule has 0 aliphatic rings. The van der Waals surface area contributed by atoms with E-state index >= 15 is 0 Å². The van der Waals surface area contributed by atoms with Crippen molar-refractivity contribution in [2.24, 2.45) is 0 Å². The van der Waals surface area contributed by atoms with Crippen LogP contribution in [0.1, 0.15) is 10.4 Å². The Morgan fingerprint density at radius 3 is 2.33 bits per heavy atom. The Morgan fingerprint density at radius 1 is 1.00 bits per heavy atom. The van der Waals surface area contributed by atoms with Crippen LogP contribution in [0.3, 0.4) is 0 Å². The van der Waals surface area contributed by atoms with Gasteiger partial charge in [-0.1, -0.05) is 40.2 Å². The Balaban J connectivity index is 2.01. The van der Waals surface area contributed by atoms with E-state index in [9.17, 15) is 4.79 Å². The first-order chi connectivity index (χ1) is 8.66. The van der Waals surface area contributed by atoms with Crippen molar-refractivity contribution in [3.05, 3.63) is 63.0 Å². The molecule has 2 rings (SSSR count). The average Bonchev–Trinajstić information content (AvgIpc) is 2.38. The van der Waals surface area contributed by atoms with E-state index < -0.39 is 0 Å². The van der Waals surface area contributed by atoms with Gasteiger partial charge < -0.3 is 5.32 Å². The molecule has 2 nitrogen and oxygen atoms in total. The van der Waals surface area contributed by atoms with Crippen LogP contribution in [0, 0.1) is 0 Å². The van der Waals surface area contributed by atoms with E-state index in [0.29, 0.717) is 5.56 Å². The fourth-order valence-electron chi connectivity index (χ4n) is 1.52. The fourth-order valence-corrected chi connectivity index (χ4v) is 2.21. The lowest BCUT2D eigenvalue weighted by atomic mass is 10.1. The summed E-state index contributed by atoms with van der Waals surface area (Å²) in [5, 5.41) is 3.12.